The maximum Gasteiger partial charge on any atom is 0.326 e. The third-order valence-electron chi connectivity index (χ3n) is 1.95. The van der Waals surface area contributed by atoms with Crippen LogP contribution in [-0.4, -0.2) is 17.3 Å². The van der Waals surface area contributed by atoms with Crippen LogP contribution in [0.15, 0.2) is 6.07 Å². The largest absolute Gasteiger partial charge is 0.326 e. The zero-order valence-electron chi connectivity index (χ0n) is 9.36. The molecule has 1 atom stereocenters. The third kappa shape index (κ3) is 3.57. The number of alkyl halides is 1. The number of halogens is 5. The summed E-state index contributed by atoms with van der Waals surface area (Å²) >= 11 is 5.33. The van der Waals surface area contributed by atoms with Gasteiger partial charge in [-0.3, -0.25) is 10.1 Å². The zero-order chi connectivity index (χ0) is 14.7. The molecule has 0 spiro atoms. The van der Waals surface area contributed by atoms with Crippen LogP contribution in [0.5, 0.6) is 0 Å². The van der Waals surface area contributed by atoms with Crippen molar-refractivity contribution in [3.63, 3.8) is 0 Å². The fourth-order valence-corrected chi connectivity index (χ4v) is 1.09. The molecule has 1 aromatic rings. The topological polar surface area (TPSA) is 58.2 Å². The molecule has 0 aliphatic heterocycles. The van der Waals surface area contributed by atoms with Crippen molar-refractivity contribution in [2.75, 3.05) is 5.32 Å². The molecule has 0 radical (unpaired) electrons. The molecule has 19 heavy (non-hydrogen) atoms. The van der Waals surface area contributed by atoms with Crippen molar-refractivity contribution in [2.45, 2.75) is 12.3 Å². The summed E-state index contributed by atoms with van der Waals surface area (Å²) in [5, 5.41) is 2.03. The van der Waals surface area contributed by atoms with Crippen molar-refractivity contribution in [1.29, 1.82) is 0 Å². The Morgan fingerprint density at radius 1 is 1.16 bits per heavy atom. The standard InChI is InChI=1S/C10H7ClF4N2O2/c1-3(11)9(18)17-10(19)16-8-6(14)4(12)2-5(13)7(8)15/h2-3H,1H3,(H2,16,17,18,19). The molecule has 0 aliphatic carbocycles. The van der Waals surface area contributed by atoms with Crippen molar-refractivity contribution in [1.82, 2.24) is 5.32 Å². The maximum absolute atomic E-state index is 13.2. The molecule has 1 rings (SSSR count). The van der Waals surface area contributed by atoms with Gasteiger partial charge in [-0.15, -0.1) is 11.6 Å². The van der Waals surface area contributed by atoms with E-state index < -0.39 is 46.3 Å². The SMILES string of the molecule is CC(Cl)C(=O)NC(=O)Nc1c(F)c(F)cc(F)c1F. The van der Waals surface area contributed by atoms with Crippen LogP contribution in [0.1, 0.15) is 6.92 Å². The molecule has 0 bridgehead atoms. The van der Waals surface area contributed by atoms with E-state index in [2.05, 4.69) is 0 Å². The van der Waals surface area contributed by atoms with Gasteiger partial charge in [-0.25, -0.2) is 22.4 Å². The fourth-order valence-electron chi connectivity index (χ4n) is 1.04. The Labute approximate surface area is 109 Å². The van der Waals surface area contributed by atoms with E-state index in [0.29, 0.717) is 0 Å². The average molecular weight is 299 g/mol. The number of imide groups is 1. The molecule has 0 aliphatic rings. The molecular weight excluding hydrogens is 292 g/mol. The number of benzene rings is 1. The van der Waals surface area contributed by atoms with E-state index in [-0.39, 0.29) is 6.07 Å². The normalized spacial score (nSPS) is 11.9. The molecule has 4 nitrogen and oxygen atoms in total. The number of amides is 3. The zero-order valence-corrected chi connectivity index (χ0v) is 10.1. The van der Waals surface area contributed by atoms with E-state index in [1.165, 1.54) is 12.2 Å². The van der Waals surface area contributed by atoms with Gasteiger partial charge in [0.1, 0.15) is 11.1 Å². The minimum atomic E-state index is -1.79. The third-order valence-corrected chi connectivity index (χ3v) is 2.15. The number of urea groups is 1. The predicted octanol–water partition coefficient (Wildman–Crippen LogP) is 2.52. The molecule has 1 aromatic carbocycles. The van der Waals surface area contributed by atoms with Gasteiger partial charge in [0.2, 0.25) is 5.91 Å². The van der Waals surface area contributed by atoms with E-state index in [1.54, 1.807) is 5.32 Å². The van der Waals surface area contributed by atoms with Gasteiger partial charge in [0.25, 0.3) is 0 Å². The molecular formula is C10H7ClF4N2O2. The highest BCUT2D eigenvalue weighted by molar-refractivity contribution is 6.31. The second-order valence-electron chi connectivity index (χ2n) is 3.40. The van der Waals surface area contributed by atoms with Crippen LogP contribution in [0.4, 0.5) is 28.0 Å². The van der Waals surface area contributed by atoms with Gasteiger partial charge >= 0.3 is 6.03 Å². The van der Waals surface area contributed by atoms with Gasteiger partial charge in [-0.05, 0) is 6.92 Å². The van der Waals surface area contributed by atoms with Crippen LogP contribution in [0, 0.1) is 23.3 Å². The van der Waals surface area contributed by atoms with Crippen LogP contribution < -0.4 is 10.6 Å². The average Bonchev–Trinajstić information content (AvgIpc) is 2.32. The molecule has 0 heterocycles. The number of anilines is 1. The maximum atomic E-state index is 13.2. The predicted molar refractivity (Wildman–Crippen MR) is 58.8 cm³/mol. The van der Waals surface area contributed by atoms with Gasteiger partial charge in [-0.2, -0.15) is 0 Å². The Kier molecular flexibility index (Phi) is 4.71. The monoisotopic (exact) mass is 298 g/mol. The lowest BCUT2D eigenvalue weighted by molar-refractivity contribution is -0.119. The van der Waals surface area contributed by atoms with Crippen LogP contribution in [-0.2, 0) is 4.79 Å². The summed E-state index contributed by atoms with van der Waals surface area (Å²) in [6.07, 6.45) is 0. The Morgan fingerprint density at radius 2 is 1.63 bits per heavy atom. The van der Waals surface area contributed by atoms with E-state index in [1.807, 2.05) is 0 Å². The molecule has 1 unspecified atom stereocenters. The number of hydrogen-bond acceptors (Lipinski definition) is 2. The van der Waals surface area contributed by atoms with Crippen molar-refractivity contribution < 1.29 is 27.2 Å². The van der Waals surface area contributed by atoms with Crippen LogP contribution in [0.2, 0.25) is 0 Å². The second kappa shape index (κ2) is 5.87. The molecule has 3 amide bonds. The smallest absolute Gasteiger partial charge is 0.302 e. The summed E-state index contributed by atoms with van der Waals surface area (Å²) in [4.78, 5) is 22.2. The number of rotatable bonds is 2. The molecule has 0 saturated carbocycles. The molecule has 9 heteroatoms. The lowest BCUT2D eigenvalue weighted by Gasteiger charge is -2.10. The van der Waals surface area contributed by atoms with Crippen LogP contribution in [0.25, 0.3) is 0 Å². The number of nitrogens with one attached hydrogen (secondary N) is 2. The minimum Gasteiger partial charge on any atom is -0.302 e. The molecule has 0 saturated heterocycles. The fraction of sp³-hybridized carbons (Fsp3) is 0.200. The molecule has 104 valence electrons. The van der Waals surface area contributed by atoms with Gasteiger partial charge in [-0.1, -0.05) is 0 Å². The summed E-state index contributed by atoms with van der Waals surface area (Å²) in [5.41, 5.74) is -1.34. The van der Waals surface area contributed by atoms with Crippen LogP contribution in [0.3, 0.4) is 0 Å². The van der Waals surface area contributed by atoms with Gasteiger partial charge < -0.3 is 5.32 Å². The minimum absolute atomic E-state index is 0.0141. The first kappa shape index (κ1) is 15.2. The lowest BCUT2D eigenvalue weighted by Crippen LogP contribution is -2.38. The van der Waals surface area contributed by atoms with E-state index >= 15 is 0 Å². The summed E-state index contributed by atoms with van der Waals surface area (Å²) in [7, 11) is 0. The summed E-state index contributed by atoms with van der Waals surface area (Å²) in [6, 6.07) is -1.39. The number of hydrogen-bond donors (Lipinski definition) is 2. The van der Waals surface area contributed by atoms with Gasteiger partial charge in [0.15, 0.2) is 23.3 Å². The first-order valence-electron chi connectivity index (χ1n) is 4.83. The first-order valence-corrected chi connectivity index (χ1v) is 5.26. The van der Waals surface area contributed by atoms with Crippen molar-refractivity contribution in [3.8, 4) is 0 Å². The highest BCUT2D eigenvalue weighted by Crippen LogP contribution is 2.23. The first-order chi connectivity index (χ1) is 8.73. The Hall–Kier alpha value is -1.83. The van der Waals surface area contributed by atoms with Crippen molar-refractivity contribution >= 4 is 29.2 Å². The Bertz CT molecular complexity index is 511. The summed E-state index contributed by atoms with van der Waals surface area (Å²) in [5.74, 6) is -7.91. The van der Waals surface area contributed by atoms with E-state index in [9.17, 15) is 27.2 Å². The second-order valence-corrected chi connectivity index (χ2v) is 4.06. The highest BCUT2D eigenvalue weighted by Gasteiger charge is 2.22. The number of carbonyl (C=O) groups excluding carboxylic acids is 2. The molecule has 2 N–H and O–H groups in total. The summed E-state index contributed by atoms with van der Waals surface area (Å²) < 4.78 is 52.0. The molecule has 0 fully saturated rings. The van der Waals surface area contributed by atoms with E-state index in [0.717, 1.165) is 0 Å². The van der Waals surface area contributed by atoms with Crippen molar-refractivity contribution in [2.24, 2.45) is 0 Å². The van der Waals surface area contributed by atoms with Gasteiger partial charge in [0.05, 0.1) is 0 Å². The summed E-state index contributed by atoms with van der Waals surface area (Å²) in [6.45, 7) is 1.24. The highest BCUT2D eigenvalue weighted by atomic mass is 35.5. The van der Waals surface area contributed by atoms with Crippen LogP contribution >= 0.6 is 11.6 Å². The molecule has 0 aromatic heterocycles. The lowest BCUT2D eigenvalue weighted by atomic mass is 10.2. The Morgan fingerprint density at radius 3 is 2.05 bits per heavy atom. The van der Waals surface area contributed by atoms with Gasteiger partial charge in [0, 0.05) is 6.07 Å². The van der Waals surface area contributed by atoms with Crippen molar-refractivity contribution in [3.05, 3.63) is 29.3 Å². The quantitative estimate of drug-likeness (QED) is 0.501. The van der Waals surface area contributed by atoms with E-state index in [4.69, 9.17) is 11.6 Å². The Balaban J connectivity index is 2.94. The number of carbonyl (C=O) groups is 2.